The number of ether oxygens (including phenoxy) is 2. The smallest absolute Gasteiger partial charge is 0.238 e. The van der Waals surface area contributed by atoms with Crippen LogP contribution < -0.4 is 14.8 Å². The maximum Gasteiger partial charge on any atom is 0.238 e. The number of carbonyl (C=O) groups excluding carboxylic acids is 2. The Kier molecular flexibility index (Phi) is 7.35. The number of hydrogen-bond acceptors (Lipinski definition) is 6. The second-order valence-corrected chi connectivity index (χ2v) is 7.66. The topological polar surface area (TPSA) is 80.2 Å². The first-order chi connectivity index (χ1) is 14.5. The van der Waals surface area contributed by atoms with E-state index in [9.17, 15) is 9.59 Å². The van der Waals surface area contributed by atoms with Crippen molar-refractivity contribution in [2.45, 2.75) is 25.5 Å². The Morgan fingerprint density at radius 2 is 1.97 bits per heavy atom. The average Bonchev–Trinajstić information content (AvgIpc) is 2.75. The highest BCUT2D eigenvalue weighted by Crippen LogP contribution is 2.30. The van der Waals surface area contributed by atoms with Gasteiger partial charge in [-0.05, 0) is 50.2 Å². The molecule has 7 nitrogen and oxygen atoms in total. The highest BCUT2D eigenvalue weighted by atomic mass is 32.2. The van der Waals surface area contributed by atoms with Gasteiger partial charge in [0.1, 0.15) is 16.7 Å². The first-order valence-electron chi connectivity index (χ1n) is 9.77. The molecule has 1 heterocycles. The van der Waals surface area contributed by atoms with Crippen molar-refractivity contribution in [3.05, 3.63) is 48.5 Å². The molecule has 2 amide bonds. The fourth-order valence-corrected chi connectivity index (χ4v) is 4.13. The van der Waals surface area contributed by atoms with Gasteiger partial charge in [-0.2, -0.15) is 0 Å². The largest absolute Gasteiger partial charge is 0.497 e. The number of amides is 2. The molecule has 1 unspecified atom stereocenters. The third-order valence-corrected chi connectivity index (χ3v) is 5.65. The van der Waals surface area contributed by atoms with Crippen LogP contribution in [-0.2, 0) is 9.59 Å². The van der Waals surface area contributed by atoms with E-state index in [4.69, 9.17) is 9.47 Å². The molecule has 1 saturated heterocycles. The summed E-state index contributed by atoms with van der Waals surface area (Å²) in [5, 5.41) is 2.82. The minimum atomic E-state index is -0.562. The average molecular weight is 428 g/mol. The second-order valence-electron chi connectivity index (χ2n) is 6.49. The fourth-order valence-electron chi connectivity index (χ4n) is 2.97. The van der Waals surface area contributed by atoms with Gasteiger partial charge in [-0.1, -0.05) is 17.8 Å². The number of rotatable bonds is 7. The zero-order valence-corrected chi connectivity index (χ0v) is 18.1. The quantitative estimate of drug-likeness (QED) is 0.720. The van der Waals surface area contributed by atoms with Gasteiger partial charge in [0.15, 0.2) is 5.17 Å². The van der Waals surface area contributed by atoms with E-state index < -0.39 is 5.25 Å². The van der Waals surface area contributed by atoms with Crippen LogP contribution in [0.1, 0.15) is 20.3 Å². The van der Waals surface area contributed by atoms with Crippen molar-refractivity contribution in [3.8, 4) is 11.5 Å². The normalized spacial score (nSPS) is 17.7. The second kappa shape index (κ2) is 10.2. The summed E-state index contributed by atoms with van der Waals surface area (Å²) in [4.78, 5) is 31.7. The first-order valence-corrected chi connectivity index (χ1v) is 10.7. The van der Waals surface area contributed by atoms with Crippen molar-refractivity contribution >= 4 is 40.1 Å². The van der Waals surface area contributed by atoms with Crippen LogP contribution in [0.15, 0.2) is 53.5 Å². The molecule has 0 radical (unpaired) electrons. The Labute approximate surface area is 180 Å². The lowest BCUT2D eigenvalue weighted by atomic mass is 10.2. The third-order valence-electron chi connectivity index (χ3n) is 4.46. The van der Waals surface area contributed by atoms with E-state index in [1.165, 1.54) is 11.8 Å². The lowest BCUT2D eigenvalue weighted by molar-refractivity contribution is -0.129. The standard InChI is InChI=1S/C22H25N3O4S/c1-4-25-20(26)14-19(21(27)23-16-7-6-8-18(13-16)28-3)30-22(25)24-15-9-11-17(12-10-15)29-5-2/h6-13,19H,4-5,14H2,1-3H3,(H,23,27). The molecular formula is C22H25N3O4S. The highest BCUT2D eigenvalue weighted by molar-refractivity contribution is 8.15. The van der Waals surface area contributed by atoms with Crippen LogP contribution in [0.3, 0.4) is 0 Å². The van der Waals surface area contributed by atoms with E-state index in [2.05, 4.69) is 10.3 Å². The van der Waals surface area contributed by atoms with Crippen LogP contribution in [0.25, 0.3) is 0 Å². The molecular weight excluding hydrogens is 402 g/mol. The number of methoxy groups -OCH3 is 1. The SMILES string of the molecule is CCOc1ccc(N=C2SC(C(=O)Nc3cccc(OC)c3)CC(=O)N2CC)cc1. The van der Waals surface area contributed by atoms with Crippen molar-refractivity contribution in [3.63, 3.8) is 0 Å². The van der Waals surface area contributed by atoms with Gasteiger partial charge >= 0.3 is 0 Å². The van der Waals surface area contributed by atoms with Crippen LogP contribution in [0.2, 0.25) is 0 Å². The summed E-state index contributed by atoms with van der Waals surface area (Å²) >= 11 is 1.30. The van der Waals surface area contributed by atoms with Gasteiger partial charge in [-0.15, -0.1) is 0 Å². The van der Waals surface area contributed by atoms with E-state index in [1.54, 1.807) is 36.3 Å². The number of carbonyl (C=O) groups is 2. The van der Waals surface area contributed by atoms with Crippen LogP contribution >= 0.6 is 11.8 Å². The molecule has 30 heavy (non-hydrogen) atoms. The number of nitrogens with zero attached hydrogens (tertiary/aromatic N) is 2. The fraction of sp³-hybridized carbons (Fsp3) is 0.318. The molecule has 0 aromatic heterocycles. The summed E-state index contributed by atoms with van der Waals surface area (Å²) in [6.07, 6.45) is 0.122. The number of amidine groups is 1. The number of benzene rings is 2. The minimum absolute atomic E-state index is 0.119. The number of aliphatic imine (C=N–C) groups is 1. The van der Waals surface area contributed by atoms with Gasteiger partial charge < -0.3 is 14.8 Å². The monoisotopic (exact) mass is 427 g/mol. The Morgan fingerprint density at radius 3 is 2.63 bits per heavy atom. The molecule has 1 fully saturated rings. The van der Waals surface area contributed by atoms with E-state index in [0.29, 0.717) is 35.4 Å². The third kappa shape index (κ3) is 5.33. The predicted molar refractivity (Wildman–Crippen MR) is 120 cm³/mol. The van der Waals surface area contributed by atoms with Gasteiger partial charge in [0.05, 0.1) is 19.4 Å². The highest BCUT2D eigenvalue weighted by Gasteiger charge is 2.35. The van der Waals surface area contributed by atoms with Crippen molar-refractivity contribution in [2.75, 3.05) is 25.6 Å². The lowest BCUT2D eigenvalue weighted by Crippen LogP contribution is -2.45. The van der Waals surface area contributed by atoms with Crippen LogP contribution in [-0.4, -0.2) is 47.4 Å². The summed E-state index contributed by atoms with van der Waals surface area (Å²) in [5.74, 6) is 1.05. The molecule has 1 N–H and O–H groups in total. The summed E-state index contributed by atoms with van der Waals surface area (Å²) in [5.41, 5.74) is 1.32. The predicted octanol–water partition coefficient (Wildman–Crippen LogP) is 4.07. The zero-order chi connectivity index (χ0) is 21.5. The van der Waals surface area contributed by atoms with Gasteiger partial charge in [-0.3, -0.25) is 14.5 Å². The summed E-state index contributed by atoms with van der Waals surface area (Å²) < 4.78 is 10.6. The van der Waals surface area contributed by atoms with E-state index in [1.807, 2.05) is 38.1 Å². The molecule has 2 aromatic rings. The molecule has 0 spiro atoms. The Morgan fingerprint density at radius 1 is 1.20 bits per heavy atom. The van der Waals surface area contributed by atoms with Crippen LogP contribution in [0.4, 0.5) is 11.4 Å². The molecule has 0 aliphatic carbocycles. The summed E-state index contributed by atoms with van der Waals surface area (Å²) in [6, 6.07) is 14.4. The molecule has 158 valence electrons. The zero-order valence-electron chi connectivity index (χ0n) is 17.3. The molecule has 8 heteroatoms. The minimum Gasteiger partial charge on any atom is -0.497 e. The molecule has 0 saturated carbocycles. The van der Waals surface area contributed by atoms with Gasteiger partial charge in [-0.25, -0.2) is 4.99 Å². The first kappa shape index (κ1) is 21.7. The number of thioether (sulfide) groups is 1. The van der Waals surface area contributed by atoms with E-state index in [0.717, 1.165) is 5.75 Å². The van der Waals surface area contributed by atoms with Crippen molar-refractivity contribution < 1.29 is 19.1 Å². The van der Waals surface area contributed by atoms with Crippen molar-refractivity contribution in [1.82, 2.24) is 4.90 Å². The van der Waals surface area contributed by atoms with Crippen molar-refractivity contribution in [1.29, 1.82) is 0 Å². The molecule has 1 aliphatic heterocycles. The number of anilines is 1. The van der Waals surface area contributed by atoms with Gasteiger partial charge in [0, 0.05) is 24.7 Å². The Balaban J connectivity index is 1.77. The molecule has 2 aromatic carbocycles. The number of nitrogens with one attached hydrogen (secondary N) is 1. The van der Waals surface area contributed by atoms with Crippen LogP contribution in [0, 0.1) is 0 Å². The van der Waals surface area contributed by atoms with Gasteiger partial charge in [0.25, 0.3) is 0 Å². The lowest BCUT2D eigenvalue weighted by Gasteiger charge is -2.30. The Hall–Kier alpha value is -3.00. The van der Waals surface area contributed by atoms with E-state index >= 15 is 0 Å². The van der Waals surface area contributed by atoms with Gasteiger partial charge in [0.2, 0.25) is 11.8 Å². The summed E-state index contributed by atoms with van der Waals surface area (Å²) in [7, 11) is 1.57. The molecule has 1 aliphatic rings. The summed E-state index contributed by atoms with van der Waals surface area (Å²) in [6.45, 7) is 4.90. The maximum atomic E-state index is 12.8. The molecule has 0 bridgehead atoms. The van der Waals surface area contributed by atoms with Crippen molar-refractivity contribution in [2.24, 2.45) is 4.99 Å². The maximum absolute atomic E-state index is 12.8. The Bertz CT molecular complexity index is 930. The molecule has 1 atom stereocenters. The van der Waals surface area contributed by atoms with Crippen LogP contribution in [0.5, 0.6) is 11.5 Å². The molecule has 3 rings (SSSR count). The van der Waals surface area contributed by atoms with E-state index in [-0.39, 0.29) is 18.2 Å². The number of hydrogen-bond donors (Lipinski definition) is 1.